The average molecular weight is 323 g/mol. The summed E-state index contributed by atoms with van der Waals surface area (Å²) in [5.74, 6) is 0.929. The van der Waals surface area contributed by atoms with E-state index in [2.05, 4.69) is 0 Å². The van der Waals surface area contributed by atoms with E-state index in [1.165, 1.54) is 0 Å². The number of halogens is 1. The second-order valence-corrected chi connectivity index (χ2v) is 5.73. The van der Waals surface area contributed by atoms with Gasteiger partial charge in [0.05, 0.1) is 0 Å². The molecule has 0 saturated heterocycles. The molecule has 0 radical (unpaired) electrons. The maximum Gasteiger partial charge on any atom is 0.305 e. The molecule has 0 saturated carbocycles. The Labute approximate surface area is 140 Å². The van der Waals surface area contributed by atoms with E-state index >= 15 is 0 Å². The number of benzene rings is 3. The summed E-state index contributed by atoms with van der Waals surface area (Å²) in [7, 11) is 0. The van der Waals surface area contributed by atoms with Crippen LogP contribution < -0.4 is 9.47 Å². The molecule has 0 unspecified atom stereocenters. The molecule has 1 heterocycles. The molecule has 2 nitrogen and oxygen atoms in total. The molecule has 114 valence electrons. The van der Waals surface area contributed by atoms with Crippen molar-refractivity contribution in [1.29, 1.82) is 0 Å². The third-order valence-electron chi connectivity index (χ3n) is 3.98. The van der Waals surface area contributed by atoms with Crippen molar-refractivity contribution in [1.82, 2.24) is 0 Å². The van der Waals surface area contributed by atoms with Crippen LogP contribution in [0.25, 0.3) is 0 Å². The summed E-state index contributed by atoms with van der Waals surface area (Å²) < 4.78 is 12.6. The van der Waals surface area contributed by atoms with Crippen molar-refractivity contribution in [3.63, 3.8) is 0 Å². The predicted octanol–water partition coefficient (Wildman–Crippen LogP) is 5.10. The fraction of sp³-hybridized carbons (Fsp3) is 0.100. The van der Waals surface area contributed by atoms with E-state index < -0.39 is 5.79 Å². The van der Waals surface area contributed by atoms with Crippen molar-refractivity contribution in [2.75, 3.05) is 0 Å². The van der Waals surface area contributed by atoms with Gasteiger partial charge in [-0.15, -0.1) is 11.6 Å². The number of hydrogen-bond acceptors (Lipinski definition) is 2. The first-order chi connectivity index (χ1) is 11.3. The largest absolute Gasteiger partial charge is 0.440 e. The quantitative estimate of drug-likeness (QED) is 0.625. The number of hydrogen-bond donors (Lipinski definition) is 0. The minimum Gasteiger partial charge on any atom is -0.440 e. The van der Waals surface area contributed by atoms with Gasteiger partial charge in [-0.2, -0.15) is 0 Å². The Morgan fingerprint density at radius 3 is 1.83 bits per heavy atom. The second-order valence-electron chi connectivity index (χ2n) is 5.47. The molecule has 0 aromatic heterocycles. The summed E-state index contributed by atoms with van der Waals surface area (Å²) >= 11 is 5.94. The SMILES string of the molecule is ClCc1ccc2c(c1)OC(c1ccccc1)(c1ccccc1)O2. The van der Waals surface area contributed by atoms with Crippen molar-refractivity contribution >= 4 is 11.6 Å². The molecule has 0 spiro atoms. The van der Waals surface area contributed by atoms with Gasteiger partial charge in [0.2, 0.25) is 0 Å². The monoisotopic (exact) mass is 322 g/mol. The summed E-state index contributed by atoms with van der Waals surface area (Å²) in [6, 6.07) is 25.8. The van der Waals surface area contributed by atoms with Crippen LogP contribution in [0.15, 0.2) is 78.9 Å². The maximum absolute atomic E-state index is 6.33. The fourth-order valence-electron chi connectivity index (χ4n) is 2.85. The van der Waals surface area contributed by atoms with Crippen LogP contribution in [0.1, 0.15) is 16.7 Å². The second kappa shape index (κ2) is 5.64. The lowest BCUT2D eigenvalue weighted by Gasteiger charge is -2.28. The van der Waals surface area contributed by atoms with Gasteiger partial charge in [-0.3, -0.25) is 0 Å². The van der Waals surface area contributed by atoms with Crippen molar-refractivity contribution in [3.8, 4) is 11.5 Å². The van der Waals surface area contributed by atoms with E-state index in [1.807, 2.05) is 78.9 Å². The predicted molar refractivity (Wildman–Crippen MR) is 90.9 cm³/mol. The molecule has 0 bridgehead atoms. The Bertz CT molecular complexity index is 776. The van der Waals surface area contributed by atoms with Gasteiger partial charge in [0, 0.05) is 17.0 Å². The molecule has 3 aromatic rings. The molecule has 1 aliphatic rings. The van der Waals surface area contributed by atoms with E-state index in [4.69, 9.17) is 21.1 Å². The molecule has 0 amide bonds. The van der Waals surface area contributed by atoms with Gasteiger partial charge < -0.3 is 9.47 Å². The molecular weight excluding hydrogens is 308 g/mol. The third kappa shape index (κ3) is 2.36. The summed E-state index contributed by atoms with van der Waals surface area (Å²) in [5, 5.41) is 0. The van der Waals surface area contributed by atoms with E-state index in [0.29, 0.717) is 5.88 Å². The maximum atomic E-state index is 6.33. The Morgan fingerprint density at radius 1 is 0.696 bits per heavy atom. The van der Waals surface area contributed by atoms with E-state index in [1.54, 1.807) is 0 Å². The lowest BCUT2D eigenvalue weighted by molar-refractivity contribution is -0.0459. The zero-order valence-corrected chi connectivity index (χ0v) is 13.2. The van der Waals surface area contributed by atoms with Crippen molar-refractivity contribution in [2.24, 2.45) is 0 Å². The van der Waals surface area contributed by atoms with Gasteiger partial charge >= 0.3 is 5.79 Å². The zero-order valence-electron chi connectivity index (χ0n) is 12.4. The highest BCUT2D eigenvalue weighted by Gasteiger charge is 2.45. The van der Waals surface area contributed by atoms with Gasteiger partial charge in [0.25, 0.3) is 0 Å². The minimum atomic E-state index is -0.963. The highest BCUT2D eigenvalue weighted by Crippen LogP contribution is 2.47. The van der Waals surface area contributed by atoms with Crippen LogP contribution in [0, 0.1) is 0 Å². The van der Waals surface area contributed by atoms with Crippen LogP contribution in [0.5, 0.6) is 11.5 Å². The summed E-state index contributed by atoms with van der Waals surface area (Å²) in [6.45, 7) is 0. The van der Waals surface area contributed by atoms with E-state index in [0.717, 1.165) is 28.2 Å². The van der Waals surface area contributed by atoms with Crippen molar-refractivity contribution in [3.05, 3.63) is 95.6 Å². The summed E-state index contributed by atoms with van der Waals surface area (Å²) in [6.07, 6.45) is 0. The van der Waals surface area contributed by atoms with E-state index in [9.17, 15) is 0 Å². The van der Waals surface area contributed by atoms with Crippen LogP contribution in [0.2, 0.25) is 0 Å². The summed E-state index contributed by atoms with van der Waals surface area (Å²) in [5.41, 5.74) is 2.91. The smallest absolute Gasteiger partial charge is 0.305 e. The molecule has 0 aliphatic carbocycles. The highest BCUT2D eigenvalue weighted by atomic mass is 35.5. The lowest BCUT2D eigenvalue weighted by Crippen LogP contribution is -2.36. The number of alkyl halides is 1. The first kappa shape index (κ1) is 14.2. The van der Waals surface area contributed by atoms with Crippen LogP contribution >= 0.6 is 11.6 Å². The van der Waals surface area contributed by atoms with Crippen LogP contribution in [0.3, 0.4) is 0 Å². The molecule has 4 rings (SSSR count). The molecular formula is C20H15ClO2. The zero-order chi connectivity index (χ0) is 15.7. The van der Waals surface area contributed by atoms with Crippen molar-refractivity contribution < 1.29 is 9.47 Å². The first-order valence-electron chi connectivity index (χ1n) is 7.50. The van der Waals surface area contributed by atoms with Gasteiger partial charge in [-0.1, -0.05) is 66.7 Å². The Balaban J connectivity index is 1.87. The molecule has 0 N–H and O–H groups in total. The highest BCUT2D eigenvalue weighted by molar-refractivity contribution is 6.17. The molecule has 1 aliphatic heterocycles. The normalized spacial score (nSPS) is 14.7. The van der Waals surface area contributed by atoms with E-state index in [-0.39, 0.29) is 0 Å². The number of ether oxygens (including phenoxy) is 2. The summed E-state index contributed by atoms with van der Waals surface area (Å²) in [4.78, 5) is 0. The minimum absolute atomic E-state index is 0.445. The lowest BCUT2D eigenvalue weighted by atomic mass is 9.97. The fourth-order valence-corrected chi connectivity index (χ4v) is 3.01. The van der Waals surface area contributed by atoms with Gasteiger partial charge in [-0.05, 0) is 17.7 Å². The van der Waals surface area contributed by atoms with Crippen LogP contribution in [-0.2, 0) is 11.7 Å². The Morgan fingerprint density at radius 2 is 1.26 bits per heavy atom. The van der Waals surface area contributed by atoms with Crippen molar-refractivity contribution in [2.45, 2.75) is 11.7 Å². The Hall–Kier alpha value is -2.45. The third-order valence-corrected chi connectivity index (χ3v) is 4.29. The Kier molecular flexibility index (Phi) is 3.47. The molecule has 23 heavy (non-hydrogen) atoms. The molecule has 0 atom stereocenters. The van der Waals surface area contributed by atoms with Gasteiger partial charge in [-0.25, -0.2) is 0 Å². The van der Waals surface area contributed by atoms with Crippen LogP contribution in [-0.4, -0.2) is 0 Å². The topological polar surface area (TPSA) is 18.5 Å². The number of fused-ring (bicyclic) bond motifs is 1. The molecule has 3 heteroatoms. The molecule has 3 aromatic carbocycles. The van der Waals surface area contributed by atoms with Crippen LogP contribution in [0.4, 0.5) is 0 Å². The average Bonchev–Trinajstić information content (AvgIpc) is 3.03. The first-order valence-corrected chi connectivity index (χ1v) is 8.03. The number of rotatable bonds is 3. The van der Waals surface area contributed by atoms with Gasteiger partial charge in [0.15, 0.2) is 11.5 Å². The van der Waals surface area contributed by atoms with Gasteiger partial charge in [0.1, 0.15) is 0 Å². The standard InChI is InChI=1S/C20H15ClO2/c21-14-15-11-12-18-19(13-15)23-20(22-18,16-7-3-1-4-8-16)17-9-5-2-6-10-17/h1-13H,14H2. The molecule has 0 fully saturated rings.